The molecule has 0 aliphatic heterocycles. The SMILES string of the molecule is COc1ccc(NC2C(C)CCCC2C)cc1C. The van der Waals surface area contributed by atoms with Crippen molar-refractivity contribution in [2.24, 2.45) is 11.8 Å². The van der Waals surface area contributed by atoms with Crippen molar-refractivity contribution in [1.29, 1.82) is 0 Å². The van der Waals surface area contributed by atoms with Crippen LogP contribution >= 0.6 is 0 Å². The Balaban J connectivity index is 2.10. The predicted molar refractivity (Wildman–Crippen MR) is 77.3 cm³/mol. The van der Waals surface area contributed by atoms with Gasteiger partial charge in [-0.2, -0.15) is 0 Å². The van der Waals surface area contributed by atoms with Crippen LogP contribution in [0.15, 0.2) is 18.2 Å². The zero-order valence-electron chi connectivity index (χ0n) is 12.0. The number of anilines is 1. The summed E-state index contributed by atoms with van der Waals surface area (Å²) in [4.78, 5) is 0. The number of hydrogen-bond donors (Lipinski definition) is 1. The fraction of sp³-hybridized carbons (Fsp3) is 0.625. The lowest BCUT2D eigenvalue weighted by Crippen LogP contribution is -2.37. The number of hydrogen-bond acceptors (Lipinski definition) is 2. The Labute approximate surface area is 111 Å². The first kappa shape index (κ1) is 13.3. The van der Waals surface area contributed by atoms with Gasteiger partial charge in [-0.1, -0.05) is 20.3 Å². The second-order valence-corrected chi connectivity index (χ2v) is 5.74. The summed E-state index contributed by atoms with van der Waals surface area (Å²) in [6.45, 7) is 6.82. The topological polar surface area (TPSA) is 21.3 Å². The molecule has 0 bridgehead atoms. The molecule has 0 amide bonds. The van der Waals surface area contributed by atoms with Gasteiger partial charge in [-0.3, -0.25) is 0 Å². The molecule has 2 heteroatoms. The molecular weight excluding hydrogens is 222 g/mol. The molecule has 1 aromatic carbocycles. The van der Waals surface area contributed by atoms with Crippen molar-refractivity contribution in [3.05, 3.63) is 23.8 Å². The molecule has 100 valence electrons. The molecule has 0 spiro atoms. The Kier molecular flexibility index (Phi) is 4.15. The second-order valence-electron chi connectivity index (χ2n) is 5.74. The van der Waals surface area contributed by atoms with Crippen molar-refractivity contribution < 1.29 is 4.74 Å². The van der Waals surface area contributed by atoms with E-state index in [9.17, 15) is 0 Å². The molecule has 2 unspecified atom stereocenters. The number of rotatable bonds is 3. The normalized spacial score (nSPS) is 27.9. The highest BCUT2D eigenvalue weighted by Crippen LogP contribution is 2.32. The Hall–Kier alpha value is -1.18. The second kappa shape index (κ2) is 5.64. The molecule has 0 radical (unpaired) electrons. The van der Waals surface area contributed by atoms with Crippen LogP contribution in [0, 0.1) is 18.8 Å². The van der Waals surface area contributed by atoms with Gasteiger partial charge < -0.3 is 10.1 Å². The van der Waals surface area contributed by atoms with Gasteiger partial charge in [0.15, 0.2) is 0 Å². The molecule has 1 N–H and O–H groups in total. The van der Waals surface area contributed by atoms with Gasteiger partial charge in [-0.15, -0.1) is 0 Å². The van der Waals surface area contributed by atoms with E-state index < -0.39 is 0 Å². The lowest BCUT2D eigenvalue weighted by atomic mass is 9.78. The van der Waals surface area contributed by atoms with Crippen LogP contribution in [-0.2, 0) is 0 Å². The highest BCUT2D eigenvalue weighted by Gasteiger charge is 2.27. The van der Waals surface area contributed by atoms with E-state index in [1.807, 2.05) is 0 Å². The molecule has 2 atom stereocenters. The van der Waals surface area contributed by atoms with E-state index in [0.717, 1.165) is 17.6 Å². The van der Waals surface area contributed by atoms with E-state index in [0.29, 0.717) is 6.04 Å². The van der Waals surface area contributed by atoms with Crippen molar-refractivity contribution in [1.82, 2.24) is 0 Å². The third kappa shape index (κ3) is 2.80. The van der Waals surface area contributed by atoms with E-state index in [2.05, 4.69) is 44.3 Å². The zero-order chi connectivity index (χ0) is 13.1. The largest absolute Gasteiger partial charge is 0.496 e. The van der Waals surface area contributed by atoms with E-state index in [4.69, 9.17) is 4.74 Å². The Morgan fingerprint density at radius 2 is 1.83 bits per heavy atom. The maximum Gasteiger partial charge on any atom is 0.121 e. The van der Waals surface area contributed by atoms with Gasteiger partial charge in [0.05, 0.1) is 7.11 Å². The number of ether oxygens (including phenoxy) is 1. The van der Waals surface area contributed by atoms with Gasteiger partial charge in [-0.05, 0) is 55.4 Å². The number of methoxy groups -OCH3 is 1. The van der Waals surface area contributed by atoms with E-state index in [1.165, 1.54) is 30.5 Å². The quantitative estimate of drug-likeness (QED) is 0.862. The summed E-state index contributed by atoms with van der Waals surface area (Å²) in [5, 5.41) is 3.72. The summed E-state index contributed by atoms with van der Waals surface area (Å²) in [5.41, 5.74) is 2.41. The minimum atomic E-state index is 0.603. The fourth-order valence-corrected chi connectivity index (χ4v) is 3.13. The molecule has 1 fully saturated rings. The van der Waals surface area contributed by atoms with Crippen LogP contribution in [0.5, 0.6) is 5.75 Å². The Morgan fingerprint density at radius 1 is 1.17 bits per heavy atom. The predicted octanol–water partition coefficient (Wildman–Crippen LogP) is 4.24. The third-order valence-corrected chi connectivity index (χ3v) is 4.27. The molecule has 2 nitrogen and oxygen atoms in total. The van der Waals surface area contributed by atoms with Gasteiger partial charge in [-0.25, -0.2) is 0 Å². The molecule has 0 saturated heterocycles. The highest BCUT2D eigenvalue weighted by molar-refractivity contribution is 5.51. The monoisotopic (exact) mass is 247 g/mol. The number of aryl methyl sites for hydroxylation is 1. The summed E-state index contributed by atoms with van der Waals surface area (Å²) >= 11 is 0. The highest BCUT2D eigenvalue weighted by atomic mass is 16.5. The van der Waals surface area contributed by atoms with Gasteiger partial charge >= 0.3 is 0 Å². The lowest BCUT2D eigenvalue weighted by Gasteiger charge is -2.36. The van der Waals surface area contributed by atoms with Crippen LogP contribution < -0.4 is 10.1 Å². The number of nitrogens with one attached hydrogen (secondary N) is 1. The molecule has 1 aromatic rings. The first-order chi connectivity index (χ1) is 8.61. The van der Waals surface area contributed by atoms with E-state index in [1.54, 1.807) is 7.11 Å². The van der Waals surface area contributed by atoms with Crippen LogP contribution in [0.1, 0.15) is 38.7 Å². The maximum absolute atomic E-state index is 5.30. The average Bonchev–Trinajstić information content (AvgIpc) is 2.34. The average molecular weight is 247 g/mol. The van der Waals surface area contributed by atoms with Crippen LogP contribution in [-0.4, -0.2) is 13.2 Å². The molecular formula is C16H25NO. The van der Waals surface area contributed by atoms with Crippen molar-refractivity contribution in [2.45, 2.75) is 46.1 Å². The summed E-state index contributed by atoms with van der Waals surface area (Å²) in [6.07, 6.45) is 4.07. The molecule has 1 saturated carbocycles. The maximum atomic E-state index is 5.30. The van der Waals surface area contributed by atoms with Crippen molar-refractivity contribution in [3.8, 4) is 5.75 Å². The Bertz CT molecular complexity index is 392. The van der Waals surface area contributed by atoms with E-state index in [-0.39, 0.29) is 0 Å². The van der Waals surface area contributed by atoms with Crippen LogP contribution in [0.25, 0.3) is 0 Å². The van der Waals surface area contributed by atoms with Crippen molar-refractivity contribution in [2.75, 3.05) is 12.4 Å². The van der Waals surface area contributed by atoms with Gasteiger partial charge in [0, 0.05) is 11.7 Å². The minimum Gasteiger partial charge on any atom is -0.496 e. The van der Waals surface area contributed by atoms with Crippen LogP contribution in [0.3, 0.4) is 0 Å². The van der Waals surface area contributed by atoms with Crippen LogP contribution in [0.4, 0.5) is 5.69 Å². The van der Waals surface area contributed by atoms with Crippen molar-refractivity contribution >= 4 is 5.69 Å². The summed E-state index contributed by atoms with van der Waals surface area (Å²) in [5.74, 6) is 2.48. The summed E-state index contributed by atoms with van der Waals surface area (Å²) in [7, 11) is 1.72. The first-order valence-electron chi connectivity index (χ1n) is 7.03. The molecule has 1 aliphatic rings. The third-order valence-electron chi connectivity index (χ3n) is 4.27. The minimum absolute atomic E-state index is 0.603. The first-order valence-corrected chi connectivity index (χ1v) is 7.03. The number of benzene rings is 1. The molecule has 2 rings (SSSR count). The summed E-state index contributed by atoms with van der Waals surface area (Å²) < 4.78 is 5.30. The van der Waals surface area contributed by atoms with E-state index >= 15 is 0 Å². The fourth-order valence-electron chi connectivity index (χ4n) is 3.13. The smallest absolute Gasteiger partial charge is 0.121 e. The lowest BCUT2D eigenvalue weighted by molar-refractivity contribution is 0.268. The van der Waals surface area contributed by atoms with Crippen molar-refractivity contribution in [3.63, 3.8) is 0 Å². The Morgan fingerprint density at radius 3 is 2.39 bits per heavy atom. The zero-order valence-corrected chi connectivity index (χ0v) is 12.0. The molecule has 1 aliphatic carbocycles. The van der Waals surface area contributed by atoms with Gasteiger partial charge in [0.2, 0.25) is 0 Å². The van der Waals surface area contributed by atoms with Gasteiger partial charge in [0.25, 0.3) is 0 Å². The molecule has 18 heavy (non-hydrogen) atoms. The van der Waals surface area contributed by atoms with Gasteiger partial charge in [0.1, 0.15) is 5.75 Å². The molecule has 0 heterocycles. The van der Waals surface area contributed by atoms with Crippen LogP contribution in [0.2, 0.25) is 0 Å². The molecule has 0 aromatic heterocycles. The standard InChI is InChI=1S/C16H25NO/c1-11-6-5-7-12(2)16(11)17-14-8-9-15(18-4)13(3)10-14/h8-12,16-17H,5-7H2,1-4H3. The summed E-state index contributed by atoms with van der Waals surface area (Å²) in [6, 6.07) is 6.97.